The van der Waals surface area contributed by atoms with Gasteiger partial charge in [0.25, 0.3) is 0 Å². The molecule has 0 spiro atoms. The van der Waals surface area contributed by atoms with Gasteiger partial charge in [-0.25, -0.2) is 0 Å². The van der Waals surface area contributed by atoms with Crippen molar-refractivity contribution in [3.8, 4) is 11.3 Å². The number of nitrogens with zero attached hydrogens (tertiary/aromatic N) is 2. The number of halogens is 1. The van der Waals surface area contributed by atoms with Crippen molar-refractivity contribution < 1.29 is 0 Å². The van der Waals surface area contributed by atoms with Crippen LogP contribution in [0.1, 0.15) is 11.1 Å². The van der Waals surface area contributed by atoms with Gasteiger partial charge in [-0.3, -0.25) is 0 Å². The third-order valence-corrected chi connectivity index (χ3v) is 2.99. The second-order valence-corrected chi connectivity index (χ2v) is 4.11. The van der Waals surface area contributed by atoms with Gasteiger partial charge in [-0.15, -0.1) is 0 Å². The Labute approximate surface area is 91.9 Å². The third kappa shape index (κ3) is 1.65. The van der Waals surface area contributed by atoms with Crippen molar-refractivity contribution in [1.29, 1.82) is 0 Å². The van der Waals surface area contributed by atoms with E-state index in [-0.39, 0.29) is 0 Å². The van der Waals surface area contributed by atoms with E-state index in [0.717, 1.165) is 23.0 Å². The molecule has 1 aromatic carbocycles. The summed E-state index contributed by atoms with van der Waals surface area (Å²) in [4.78, 5) is 0. The van der Waals surface area contributed by atoms with Crippen LogP contribution in [-0.4, -0.2) is 8.75 Å². The van der Waals surface area contributed by atoms with Crippen molar-refractivity contribution in [2.24, 2.45) is 0 Å². The molecule has 0 saturated heterocycles. The minimum absolute atomic E-state index is 0.490. The molecule has 2 rings (SSSR count). The molecule has 14 heavy (non-hydrogen) atoms. The summed E-state index contributed by atoms with van der Waals surface area (Å²) >= 11 is 7.08. The predicted molar refractivity (Wildman–Crippen MR) is 59.8 cm³/mol. The number of hydrogen-bond acceptors (Lipinski definition) is 3. The fourth-order valence-electron chi connectivity index (χ4n) is 1.33. The van der Waals surface area contributed by atoms with Crippen LogP contribution in [-0.2, 0) is 0 Å². The van der Waals surface area contributed by atoms with Crippen LogP contribution in [0.2, 0.25) is 5.15 Å². The van der Waals surface area contributed by atoms with Gasteiger partial charge in [-0.2, -0.15) is 8.75 Å². The number of hydrogen-bond donors (Lipinski definition) is 0. The molecule has 0 N–H and O–H groups in total. The van der Waals surface area contributed by atoms with E-state index in [2.05, 4.69) is 33.9 Å². The van der Waals surface area contributed by atoms with E-state index in [1.54, 1.807) is 0 Å². The van der Waals surface area contributed by atoms with Gasteiger partial charge in [0.15, 0.2) is 5.15 Å². The van der Waals surface area contributed by atoms with Crippen LogP contribution in [0.5, 0.6) is 0 Å². The summed E-state index contributed by atoms with van der Waals surface area (Å²) in [5.74, 6) is 0. The zero-order valence-corrected chi connectivity index (χ0v) is 9.49. The average molecular weight is 225 g/mol. The quantitative estimate of drug-likeness (QED) is 0.741. The lowest BCUT2D eigenvalue weighted by atomic mass is 10.0. The molecule has 4 heteroatoms. The van der Waals surface area contributed by atoms with E-state index in [0.29, 0.717) is 5.15 Å². The Hall–Kier alpha value is -0.930. The molecule has 1 heterocycles. The molecular weight excluding hydrogens is 216 g/mol. The Morgan fingerprint density at radius 1 is 1.21 bits per heavy atom. The molecular formula is C10H9ClN2S. The number of benzene rings is 1. The molecule has 2 nitrogen and oxygen atoms in total. The molecule has 0 saturated carbocycles. The fourth-order valence-corrected chi connectivity index (χ4v) is 2.08. The van der Waals surface area contributed by atoms with Crippen LogP contribution >= 0.6 is 23.3 Å². The van der Waals surface area contributed by atoms with Gasteiger partial charge in [-0.05, 0) is 25.5 Å². The maximum absolute atomic E-state index is 5.94. The molecule has 0 amide bonds. The Bertz CT molecular complexity index is 465. The summed E-state index contributed by atoms with van der Waals surface area (Å²) in [5.41, 5.74) is 4.24. The Morgan fingerprint density at radius 3 is 2.64 bits per heavy atom. The molecule has 1 aromatic heterocycles. The topological polar surface area (TPSA) is 25.8 Å². The predicted octanol–water partition coefficient (Wildman–Crippen LogP) is 3.48. The highest BCUT2D eigenvalue weighted by Gasteiger charge is 2.10. The lowest BCUT2D eigenvalue weighted by molar-refractivity contribution is 1.37. The summed E-state index contributed by atoms with van der Waals surface area (Å²) < 4.78 is 8.15. The fraction of sp³-hybridized carbons (Fsp3) is 0.200. The first-order valence-electron chi connectivity index (χ1n) is 4.24. The average Bonchev–Trinajstić information content (AvgIpc) is 2.56. The first-order chi connectivity index (χ1) is 6.68. The second-order valence-electron chi connectivity index (χ2n) is 3.22. The smallest absolute Gasteiger partial charge is 0.170 e. The number of aromatic nitrogens is 2. The van der Waals surface area contributed by atoms with E-state index in [4.69, 9.17) is 11.6 Å². The summed E-state index contributed by atoms with van der Waals surface area (Å²) in [6, 6.07) is 6.23. The normalized spacial score (nSPS) is 10.5. The highest BCUT2D eigenvalue weighted by atomic mass is 35.5. The molecule has 0 aliphatic rings. The van der Waals surface area contributed by atoms with Gasteiger partial charge in [0.1, 0.15) is 5.69 Å². The molecule has 0 radical (unpaired) electrons. The van der Waals surface area contributed by atoms with E-state index in [1.807, 2.05) is 6.92 Å². The summed E-state index contributed by atoms with van der Waals surface area (Å²) in [7, 11) is 0. The van der Waals surface area contributed by atoms with Gasteiger partial charge >= 0.3 is 0 Å². The number of rotatable bonds is 1. The number of aryl methyl sites for hydroxylation is 2. The van der Waals surface area contributed by atoms with Crippen LogP contribution in [0.15, 0.2) is 18.2 Å². The van der Waals surface area contributed by atoms with Crippen LogP contribution in [0.4, 0.5) is 0 Å². The van der Waals surface area contributed by atoms with Crippen LogP contribution in [0.25, 0.3) is 11.3 Å². The first-order valence-corrected chi connectivity index (χ1v) is 5.35. The lowest BCUT2D eigenvalue weighted by Gasteiger charge is -2.03. The molecule has 0 unspecified atom stereocenters. The standard InChI is InChI=1S/C10H9ClN2S/c1-6-3-4-7(2)8(5-6)9-10(11)13-14-12-9/h3-5H,1-2H3. The van der Waals surface area contributed by atoms with Crippen LogP contribution in [0.3, 0.4) is 0 Å². The molecule has 72 valence electrons. The van der Waals surface area contributed by atoms with Gasteiger partial charge in [-0.1, -0.05) is 29.3 Å². The maximum Gasteiger partial charge on any atom is 0.170 e. The molecule has 0 aliphatic heterocycles. The summed E-state index contributed by atoms with van der Waals surface area (Å²) in [5, 5.41) is 0.490. The highest BCUT2D eigenvalue weighted by molar-refractivity contribution is 6.99. The van der Waals surface area contributed by atoms with Gasteiger partial charge in [0, 0.05) is 5.56 Å². The Balaban J connectivity index is 2.62. The second kappa shape index (κ2) is 3.67. The van der Waals surface area contributed by atoms with Crippen molar-refractivity contribution in [2.75, 3.05) is 0 Å². The first kappa shape index (κ1) is 9.62. The summed E-state index contributed by atoms with van der Waals surface area (Å²) in [6.07, 6.45) is 0. The van der Waals surface area contributed by atoms with Crippen molar-refractivity contribution in [3.05, 3.63) is 34.5 Å². The summed E-state index contributed by atoms with van der Waals surface area (Å²) in [6.45, 7) is 4.10. The van der Waals surface area contributed by atoms with Crippen molar-refractivity contribution >= 4 is 23.3 Å². The monoisotopic (exact) mass is 224 g/mol. The minimum atomic E-state index is 0.490. The highest BCUT2D eigenvalue weighted by Crippen LogP contribution is 2.28. The molecule has 2 aromatic rings. The van der Waals surface area contributed by atoms with Crippen molar-refractivity contribution in [3.63, 3.8) is 0 Å². The van der Waals surface area contributed by atoms with E-state index < -0.39 is 0 Å². The molecule has 0 fully saturated rings. The van der Waals surface area contributed by atoms with Crippen molar-refractivity contribution in [2.45, 2.75) is 13.8 Å². The zero-order valence-electron chi connectivity index (χ0n) is 7.91. The van der Waals surface area contributed by atoms with E-state index in [1.165, 1.54) is 11.1 Å². The van der Waals surface area contributed by atoms with Crippen molar-refractivity contribution in [1.82, 2.24) is 8.75 Å². The zero-order chi connectivity index (χ0) is 10.1. The Morgan fingerprint density at radius 2 is 2.00 bits per heavy atom. The van der Waals surface area contributed by atoms with Gasteiger partial charge in [0.05, 0.1) is 11.7 Å². The molecule has 0 bridgehead atoms. The van der Waals surface area contributed by atoms with Crippen LogP contribution < -0.4 is 0 Å². The van der Waals surface area contributed by atoms with E-state index in [9.17, 15) is 0 Å². The largest absolute Gasteiger partial charge is 0.171 e. The van der Waals surface area contributed by atoms with Gasteiger partial charge < -0.3 is 0 Å². The van der Waals surface area contributed by atoms with E-state index >= 15 is 0 Å². The molecule has 0 atom stereocenters. The minimum Gasteiger partial charge on any atom is -0.171 e. The Kier molecular flexibility index (Phi) is 2.52. The SMILES string of the molecule is Cc1ccc(C)c(-c2nsnc2Cl)c1. The molecule has 0 aliphatic carbocycles. The maximum atomic E-state index is 5.94. The van der Waals surface area contributed by atoms with Gasteiger partial charge in [0.2, 0.25) is 0 Å². The van der Waals surface area contributed by atoms with Crippen LogP contribution in [0, 0.1) is 13.8 Å². The third-order valence-electron chi connectivity index (χ3n) is 2.10. The lowest BCUT2D eigenvalue weighted by Crippen LogP contribution is -1.85.